The number of rotatable bonds is 6. The van der Waals surface area contributed by atoms with E-state index in [2.05, 4.69) is 0 Å². The Morgan fingerprint density at radius 3 is 2.68 bits per heavy atom. The number of hydrogen-bond donors (Lipinski definition) is 0. The van der Waals surface area contributed by atoms with Crippen molar-refractivity contribution in [1.82, 2.24) is 4.90 Å². The van der Waals surface area contributed by atoms with Gasteiger partial charge in [0.1, 0.15) is 0 Å². The Morgan fingerprint density at radius 2 is 2.05 bits per heavy atom. The molecule has 120 valence electrons. The maximum atomic E-state index is 12.8. The van der Waals surface area contributed by atoms with Gasteiger partial charge in [-0.3, -0.25) is 9.59 Å². The highest BCUT2D eigenvalue weighted by Crippen LogP contribution is 2.25. The predicted molar refractivity (Wildman–Crippen MR) is 86.0 cm³/mol. The molecule has 0 N–H and O–H groups in total. The number of ether oxygens (including phenoxy) is 1. The van der Waals surface area contributed by atoms with Crippen LogP contribution in [0.5, 0.6) is 0 Å². The van der Waals surface area contributed by atoms with Gasteiger partial charge in [-0.15, -0.1) is 0 Å². The van der Waals surface area contributed by atoms with E-state index in [9.17, 15) is 9.59 Å². The standard InChI is InChI=1S/C17H22ClNO3/c1-2-22-16(20)10-11-19(15-8-3-4-9-15)17(21)13-6-5-7-14(18)12-13/h5-7,12,15H,2-4,8-11H2,1H3. The van der Waals surface area contributed by atoms with Gasteiger partial charge in [-0.2, -0.15) is 0 Å². The van der Waals surface area contributed by atoms with Crippen molar-refractivity contribution in [2.75, 3.05) is 13.2 Å². The Balaban J connectivity index is 2.09. The number of benzene rings is 1. The van der Waals surface area contributed by atoms with Crippen molar-refractivity contribution in [1.29, 1.82) is 0 Å². The summed E-state index contributed by atoms with van der Waals surface area (Å²) in [6.07, 6.45) is 4.48. The SMILES string of the molecule is CCOC(=O)CCN(C(=O)c1cccc(Cl)c1)C1CCCC1. The third kappa shape index (κ3) is 4.47. The van der Waals surface area contributed by atoms with Crippen LogP contribution in [-0.2, 0) is 9.53 Å². The van der Waals surface area contributed by atoms with Crippen molar-refractivity contribution in [2.24, 2.45) is 0 Å². The zero-order valence-corrected chi connectivity index (χ0v) is 13.6. The summed E-state index contributed by atoms with van der Waals surface area (Å²) in [5.74, 6) is -0.317. The number of halogens is 1. The summed E-state index contributed by atoms with van der Waals surface area (Å²) in [6.45, 7) is 2.54. The molecule has 1 aliphatic carbocycles. The van der Waals surface area contributed by atoms with Crippen LogP contribution in [0.25, 0.3) is 0 Å². The first-order valence-corrected chi connectivity index (χ1v) is 8.21. The summed E-state index contributed by atoms with van der Waals surface area (Å²) in [5, 5.41) is 0.544. The van der Waals surface area contributed by atoms with Crippen LogP contribution in [-0.4, -0.2) is 36.0 Å². The molecule has 0 spiro atoms. The van der Waals surface area contributed by atoms with E-state index in [1.54, 1.807) is 31.2 Å². The first kappa shape index (κ1) is 16.8. The highest BCUT2D eigenvalue weighted by molar-refractivity contribution is 6.30. The quantitative estimate of drug-likeness (QED) is 0.750. The predicted octanol–water partition coefficient (Wildman–Crippen LogP) is 3.68. The summed E-state index contributed by atoms with van der Waals surface area (Å²) in [6, 6.07) is 7.17. The minimum absolute atomic E-state index is 0.0568. The number of esters is 1. The molecule has 0 atom stereocenters. The zero-order valence-electron chi connectivity index (χ0n) is 12.9. The minimum Gasteiger partial charge on any atom is -0.466 e. The molecular weight excluding hydrogens is 302 g/mol. The smallest absolute Gasteiger partial charge is 0.307 e. The van der Waals surface area contributed by atoms with Crippen molar-refractivity contribution in [3.05, 3.63) is 34.9 Å². The van der Waals surface area contributed by atoms with Crippen LogP contribution in [0.4, 0.5) is 0 Å². The van der Waals surface area contributed by atoms with E-state index < -0.39 is 0 Å². The molecule has 0 aliphatic heterocycles. The molecule has 5 heteroatoms. The fraction of sp³-hybridized carbons (Fsp3) is 0.529. The van der Waals surface area contributed by atoms with E-state index in [4.69, 9.17) is 16.3 Å². The summed E-state index contributed by atoms with van der Waals surface area (Å²) < 4.78 is 4.96. The Bertz CT molecular complexity index is 526. The second-order valence-electron chi connectivity index (χ2n) is 5.50. The monoisotopic (exact) mass is 323 g/mol. The molecule has 0 bridgehead atoms. The lowest BCUT2D eigenvalue weighted by atomic mass is 10.1. The summed E-state index contributed by atoms with van der Waals surface area (Å²) in [5.41, 5.74) is 0.572. The first-order valence-electron chi connectivity index (χ1n) is 7.84. The van der Waals surface area contributed by atoms with Gasteiger partial charge in [-0.05, 0) is 38.0 Å². The average Bonchev–Trinajstić information content (AvgIpc) is 3.01. The van der Waals surface area contributed by atoms with Gasteiger partial charge in [0.25, 0.3) is 5.91 Å². The fourth-order valence-corrected chi connectivity index (χ4v) is 3.09. The topological polar surface area (TPSA) is 46.6 Å². The van der Waals surface area contributed by atoms with E-state index in [1.807, 2.05) is 4.90 Å². The number of nitrogens with zero attached hydrogens (tertiary/aromatic N) is 1. The normalized spacial score (nSPS) is 14.8. The first-order chi connectivity index (χ1) is 10.6. The molecule has 1 aromatic rings. The second kappa shape index (κ2) is 8.18. The van der Waals surface area contributed by atoms with Gasteiger partial charge in [0.05, 0.1) is 13.0 Å². The number of carbonyl (C=O) groups is 2. The van der Waals surface area contributed by atoms with Gasteiger partial charge in [0, 0.05) is 23.2 Å². The maximum Gasteiger partial charge on any atom is 0.307 e. The molecular formula is C17H22ClNO3. The highest BCUT2D eigenvalue weighted by atomic mass is 35.5. The summed E-state index contributed by atoms with van der Waals surface area (Å²) in [7, 11) is 0. The Morgan fingerprint density at radius 1 is 1.32 bits per heavy atom. The van der Waals surface area contributed by atoms with E-state index in [0.29, 0.717) is 23.7 Å². The van der Waals surface area contributed by atoms with Crippen LogP contribution in [0, 0.1) is 0 Å². The van der Waals surface area contributed by atoms with Crippen LogP contribution in [0.15, 0.2) is 24.3 Å². The molecule has 0 aromatic heterocycles. The van der Waals surface area contributed by atoms with Crippen LogP contribution in [0.3, 0.4) is 0 Å². The van der Waals surface area contributed by atoms with Gasteiger partial charge < -0.3 is 9.64 Å². The fourth-order valence-electron chi connectivity index (χ4n) is 2.90. The lowest BCUT2D eigenvalue weighted by Gasteiger charge is -2.29. The van der Waals surface area contributed by atoms with Crippen LogP contribution < -0.4 is 0 Å². The van der Waals surface area contributed by atoms with Gasteiger partial charge in [0.2, 0.25) is 0 Å². The number of hydrogen-bond acceptors (Lipinski definition) is 3. The maximum absolute atomic E-state index is 12.8. The van der Waals surface area contributed by atoms with Gasteiger partial charge in [-0.25, -0.2) is 0 Å². The lowest BCUT2D eigenvalue weighted by molar-refractivity contribution is -0.143. The molecule has 1 amide bonds. The van der Waals surface area contributed by atoms with Crippen molar-refractivity contribution in [2.45, 2.75) is 45.1 Å². The third-order valence-corrected chi connectivity index (χ3v) is 4.20. The Labute approximate surface area is 136 Å². The van der Waals surface area contributed by atoms with Gasteiger partial charge in [0.15, 0.2) is 0 Å². The third-order valence-electron chi connectivity index (χ3n) is 3.96. The zero-order chi connectivity index (χ0) is 15.9. The van der Waals surface area contributed by atoms with Gasteiger partial charge >= 0.3 is 5.97 Å². The molecule has 0 saturated heterocycles. The van der Waals surface area contributed by atoms with Crippen molar-refractivity contribution >= 4 is 23.5 Å². The molecule has 4 nitrogen and oxygen atoms in total. The Kier molecular flexibility index (Phi) is 6.25. The lowest BCUT2D eigenvalue weighted by Crippen LogP contribution is -2.40. The number of carbonyl (C=O) groups excluding carboxylic acids is 2. The molecule has 2 rings (SSSR count). The van der Waals surface area contributed by atoms with Crippen LogP contribution in [0.1, 0.15) is 49.4 Å². The summed E-state index contributed by atoms with van der Waals surface area (Å²) in [4.78, 5) is 26.2. The molecule has 0 unspecified atom stereocenters. The molecule has 1 aliphatic rings. The highest BCUT2D eigenvalue weighted by Gasteiger charge is 2.28. The van der Waals surface area contributed by atoms with E-state index in [0.717, 1.165) is 25.7 Å². The molecule has 1 aromatic carbocycles. The van der Waals surface area contributed by atoms with Crippen molar-refractivity contribution in [3.63, 3.8) is 0 Å². The summed E-state index contributed by atoms with van der Waals surface area (Å²) >= 11 is 5.98. The van der Waals surface area contributed by atoms with Crippen molar-refractivity contribution in [3.8, 4) is 0 Å². The molecule has 0 radical (unpaired) electrons. The van der Waals surface area contributed by atoms with Crippen LogP contribution >= 0.6 is 11.6 Å². The largest absolute Gasteiger partial charge is 0.466 e. The van der Waals surface area contributed by atoms with E-state index in [1.165, 1.54) is 0 Å². The molecule has 1 saturated carbocycles. The average molecular weight is 324 g/mol. The Hall–Kier alpha value is -1.55. The minimum atomic E-state index is -0.260. The second-order valence-corrected chi connectivity index (χ2v) is 5.94. The van der Waals surface area contributed by atoms with E-state index >= 15 is 0 Å². The molecule has 0 heterocycles. The van der Waals surface area contributed by atoms with Crippen LogP contribution in [0.2, 0.25) is 5.02 Å². The molecule has 1 fully saturated rings. The van der Waals surface area contributed by atoms with E-state index in [-0.39, 0.29) is 24.3 Å². The molecule has 22 heavy (non-hydrogen) atoms. The van der Waals surface area contributed by atoms with Gasteiger partial charge in [-0.1, -0.05) is 30.5 Å². The number of amides is 1. The van der Waals surface area contributed by atoms with Crippen molar-refractivity contribution < 1.29 is 14.3 Å².